The van der Waals surface area contributed by atoms with Crippen LogP contribution in [-0.4, -0.2) is 15.7 Å². The summed E-state index contributed by atoms with van der Waals surface area (Å²) in [5, 5.41) is 4.17. The third-order valence-corrected chi connectivity index (χ3v) is 2.92. The predicted molar refractivity (Wildman–Crippen MR) is 65.7 cm³/mol. The zero-order chi connectivity index (χ0) is 12.4. The molecule has 0 aliphatic rings. The van der Waals surface area contributed by atoms with Gasteiger partial charge in [-0.1, -0.05) is 24.3 Å². The fourth-order valence-electron chi connectivity index (χ4n) is 1.88. The molecule has 2 aromatic rings. The van der Waals surface area contributed by atoms with Crippen molar-refractivity contribution in [3.8, 4) is 0 Å². The van der Waals surface area contributed by atoms with Gasteiger partial charge in [-0.2, -0.15) is 5.10 Å². The molecule has 1 amide bonds. The van der Waals surface area contributed by atoms with E-state index >= 15 is 0 Å². The summed E-state index contributed by atoms with van der Waals surface area (Å²) in [6.45, 7) is 4.10. The minimum Gasteiger partial charge on any atom is -0.366 e. The number of hydrogen-bond donors (Lipinski definition) is 1. The lowest BCUT2D eigenvalue weighted by Crippen LogP contribution is -2.11. The maximum absolute atomic E-state index is 11.0. The highest BCUT2D eigenvalue weighted by molar-refractivity contribution is 5.92. The summed E-state index contributed by atoms with van der Waals surface area (Å²) >= 11 is 0. The number of benzene rings is 1. The van der Waals surface area contributed by atoms with E-state index in [0.717, 1.165) is 0 Å². The number of carbonyl (C=O) groups is 1. The number of aryl methyl sites for hydroxylation is 1. The minimum absolute atomic E-state index is 0.0873. The van der Waals surface area contributed by atoms with Gasteiger partial charge in [0.1, 0.15) is 0 Å². The molecule has 0 bridgehead atoms. The standard InChI is InChI=1S/C13H15N3O/c1-9-5-3-4-6-12(9)10(2)16-8-11(7-15-16)13(14)17/h3-8,10H,1-2H3,(H2,14,17). The third-order valence-electron chi connectivity index (χ3n) is 2.92. The van der Waals surface area contributed by atoms with Gasteiger partial charge in [-0.25, -0.2) is 0 Å². The number of hydrogen-bond acceptors (Lipinski definition) is 2. The molecule has 2 N–H and O–H groups in total. The summed E-state index contributed by atoms with van der Waals surface area (Å²) < 4.78 is 1.75. The normalized spacial score (nSPS) is 12.4. The van der Waals surface area contributed by atoms with E-state index in [9.17, 15) is 4.79 Å². The molecule has 2 rings (SSSR count). The molecule has 88 valence electrons. The second kappa shape index (κ2) is 4.41. The van der Waals surface area contributed by atoms with Crippen LogP contribution in [0.15, 0.2) is 36.7 Å². The highest BCUT2D eigenvalue weighted by atomic mass is 16.1. The molecule has 1 unspecified atom stereocenters. The second-order valence-corrected chi connectivity index (χ2v) is 4.11. The molecule has 0 saturated carbocycles. The van der Waals surface area contributed by atoms with Crippen LogP contribution in [0.4, 0.5) is 0 Å². The summed E-state index contributed by atoms with van der Waals surface area (Å²) in [5.74, 6) is -0.451. The van der Waals surface area contributed by atoms with E-state index < -0.39 is 5.91 Å². The Bertz CT molecular complexity index is 545. The first-order chi connectivity index (χ1) is 8.09. The first-order valence-electron chi connectivity index (χ1n) is 5.49. The molecular weight excluding hydrogens is 214 g/mol. The van der Waals surface area contributed by atoms with E-state index in [2.05, 4.69) is 24.2 Å². The Kier molecular flexibility index (Phi) is 2.95. The Morgan fingerprint density at radius 1 is 1.41 bits per heavy atom. The summed E-state index contributed by atoms with van der Waals surface area (Å²) in [6, 6.07) is 8.21. The Balaban J connectivity index is 2.34. The second-order valence-electron chi connectivity index (χ2n) is 4.11. The Morgan fingerprint density at radius 2 is 2.12 bits per heavy atom. The van der Waals surface area contributed by atoms with Crippen LogP contribution in [0.3, 0.4) is 0 Å². The average Bonchev–Trinajstić information content (AvgIpc) is 2.78. The molecule has 4 heteroatoms. The molecule has 0 spiro atoms. The minimum atomic E-state index is -0.451. The summed E-state index contributed by atoms with van der Waals surface area (Å²) in [5.41, 5.74) is 8.03. The van der Waals surface area contributed by atoms with Crippen molar-refractivity contribution < 1.29 is 4.79 Å². The fraction of sp³-hybridized carbons (Fsp3) is 0.231. The molecule has 0 radical (unpaired) electrons. The number of carbonyl (C=O) groups excluding carboxylic acids is 1. The van der Waals surface area contributed by atoms with Gasteiger partial charge >= 0.3 is 0 Å². The molecule has 1 aromatic carbocycles. The lowest BCUT2D eigenvalue weighted by Gasteiger charge is -2.14. The molecule has 1 atom stereocenters. The van der Waals surface area contributed by atoms with Crippen LogP contribution in [0.25, 0.3) is 0 Å². The van der Waals surface area contributed by atoms with Crippen molar-refractivity contribution in [2.45, 2.75) is 19.9 Å². The van der Waals surface area contributed by atoms with Crippen LogP contribution in [0.5, 0.6) is 0 Å². The lowest BCUT2D eigenvalue weighted by molar-refractivity contribution is 0.1000. The summed E-state index contributed by atoms with van der Waals surface area (Å²) in [6.07, 6.45) is 3.18. The molecule has 0 aliphatic carbocycles. The molecule has 1 aromatic heterocycles. The average molecular weight is 229 g/mol. The molecular formula is C13H15N3O. The monoisotopic (exact) mass is 229 g/mol. The maximum atomic E-state index is 11.0. The van der Waals surface area contributed by atoms with Crippen molar-refractivity contribution in [3.63, 3.8) is 0 Å². The quantitative estimate of drug-likeness (QED) is 0.873. The summed E-state index contributed by atoms with van der Waals surface area (Å²) in [4.78, 5) is 11.0. The Labute approximate surface area is 100 Å². The molecule has 0 aliphatic heterocycles. The SMILES string of the molecule is Cc1ccccc1C(C)n1cc(C(N)=O)cn1. The van der Waals surface area contributed by atoms with Crippen LogP contribution in [-0.2, 0) is 0 Å². The van der Waals surface area contributed by atoms with Crippen molar-refractivity contribution in [1.29, 1.82) is 0 Å². The van der Waals surface area contributed by atoms with E-state index in [1.165, 1.54) is 17.3 Å². The first-order valence-corrected chi connectivity index (χ1v) is 5.49. The molecule has 1 heterocycles. The summed E-state index contributed by atoms with van der Waals surface area (Å²) in [7, 11) is 0. The van der Waals surface area contributed by atoms with Crippen LogP contribution in [0, 0.1) is 6.92 Å². The van der Waals surface area contributed by atoms with Gasteiger partial charge in [0, 0.05) is 6.20 Å². The van der Waals surface area contributed by atoms with E-state index in [1.54, 1.807) is 10.9 Å². The van der Waals surface area contributed by atoms with Gasteiger partial charge < -0.3 is 5.73 Å². The molecule has 0 saturated heterocycles. The van der Waals surface area contributed by atoms with Gasteiger partial charge in [-0.3, -0.25) is 9.48 Å². The smallest absolute Gasteiger partial charge is 0.251 e. The number of aromatic nitrogens is 2. The zero-order valence-electron chi connectivity index (χ0n) is 9.92. The highest BCUT2D eigenvalue weighted by Crippen LogP contribution is 2.20. The van der Waals surface area contributed by atoms with Crippen LogP contribution in [0.1, 0.15) is 34.5 Å². The fourth-order valence-corrected chi connectivity index (χ4v) is 1.88. The Hall–Kier alpha value is -2.10. The van der Waals surface area contributed by atoms with Gasteiger partial charge in [0.05, 0.1) is 17.8 Å². The number of nitrogens with two attached hydrogens (primary N) is 1. The molecule has 0 fully saturated rings. The van der Waals surface area contributed by atoms with Gasteiger partial charge in [0.2, 0.25) is 0 Å². The largest absolute Gasteiger partial charge is 0.366 e. The van der Waals surface area contributed by atoms with E-state index in [-0.39, 0.29) is 6.04 Å². The van der Waals surface area contributed by atoms with Crippen LogP contribution < -0.4 is 5.73 Å². The van der Waals surface area contributed by atoms with Crippen LogP contribution in [0.2, 0.25) is 0 Å². The third kappa shape index (κ3) is 2.20. The maximum Gasteiger partial charge on any atom is 0.251 e. The van der Waals surface area contributed by atoms with Crippen molar-refractivity contribution in [3.05, 3.63) is 53.3 Å². The Morgan fingerprint density at radius 3 is 2.71 bits per heavy atom. The zero-order valence-corrected chi connectivity index (χ0v) is 9.92. The lowest BCUT2D eigenvalue weighted by atomic mass is 10.0. The number of rotatable bonds is 3. The number of amides is 1. The van der Waals surface area contributed by atoms with Crippen molar-refractivity contribution >= 4 is 5.91 Å². The van der Waals surface area contributed by atoms with Crippen molar-refractivity contribution in [2.75, 3.05) is 0 Å². The van der Waals surface area contributed by atoms with Gasteiger partial charge in [0.15, 0.2) is 0 Å². The topological polar surface area (TPSA) is 60.9 Å². The number of nitrogens with zero attached hydrogens (tertiary/aromatic N) is 2. The van der Waals surface area contributed by atoms with Crippen molar-refractivity contribution in [2.24, 2.45) is 5.73 Å². The van der Waals surface area contributed by atoms with E-state index in [4.69, 9.17) is 5.73 Å². The number of primary amides is 1. The van der Waals surface area contributed by atoms with Crippen molar-refractivity contribution in [1.82, 2.24) is 9.78 Å². The van der Waals surface area contributed by atoms with Gasteiger partial charge in [-0.05, 0) is 25.0 Å². The predicted octanol–water partition coefficient (Wildman–Crippen LogP) is 1.90. The first kappa shape index (κ1) is 11.4. The molecule has 17 heavy (non-hydrogen) atoms. The van der Waals surface area contributed by atoms with E-state index in [0.29, 0.717) is 5.56 Å². The van der Waals surface area contributed by atoms with Gasteiger partial charge in [-0.15, -0.1) is 0 Å². The van der Waals surface area contributed by atoms with Crippen LogP contribution >= 0.6 is 0 Å². The van der Waals surface area contributed by atoms with E-state index in [1.807, 2.05) is 19.1 Å². The van der Waals surface area contributed by atoms with Gasteiger partial charge in [0.25, 0.3) is 5.91 Å². The molecule has 4 nitrogen and oxygen atoms in total. The highest BCUT2D eigenvalue weighted by Gasteiger charge is 2.12.